The van der Waals surface area contributed by atoms with E-state index in [0.717, 1.165) is 42.8 Å². The SMILES string of the molecule is COc1cccc(C(CNC(=O)CCNS(=O)(=O)c2cc(C)ccc2C)N2CCCC2)c1. The lowest BCUT2D eigenvalue weighted by Crippen LogP contribution is -2.38. The van der Waals surface area contributed by atoms with Gasteiger partial charge in [0.25, 0.3) is 0 Å². The molecule has 0 radical (unpaired) electrons. The second kappa shape index (κ2) is 10.9. The number of hydrogen-bond acceptors (Lipinski definition) is 5. The third kappa shape index (κ3) is 6.31. The van der Waals surface area contributed by atoms with Gasteiger partial charge >= 0.3 is 0 Å². The van der Waals surface area contributed by atoms with Crippen LogP contribution < -0.4 is 14.8 Å². The molecule has 1 fully saturated rings. The number of rotatable bonds is 10. The summed E-state index contributed by atoms with van der Waals surface area (Å²) in [5, 5.41) is 2.99. The lowest BCUT2D eigenvalue weighted by atomic mass is 10.0. The summed E-state index contributed by atoms with van der Waals surface area (Å²) in [7, 11) is -2.01. The molecule has 1 saturated heterocycles. The first-order chi connectivity index (χ1) is 15.3. The van der Waals surface area contributed by atoms with Crippen molar-refractivity contribution < 1.29 is 17.9 Å². The van der Waals surface area contributed by atoms with Crippen LogP contribution in [0.15, 0.2) is 47.4 Å². The van der Waals surface area contributed by atoms with Gasteiger partial charge in [0.1, 0.15) is 5.75 Å². The zero-order chi connectivity index (χ0) is 23.1. The third-order valence-corrected chi connectivity index (χ3v) is 7.43. The number of amides is 1. The second-order valence-corrected chi connectivity index (χ2v) is 9.99. The maximum Gasteiger partial charge on any atom is 0.240 e. The summed E-state index contributed by atoms with van der Waals surface area (Å²) < 4.78 is 33.1. The van der Waals surface area contributed by atoms with Crippen molar-refractivity contribution in [2.24, 2.45) is 0 Å². The Bertz CT molecular complexity index is 1030. The molecule has 0 aromatic heterocycles. The molecule has 32 heavy (non-hydrogen) atoms. The summed E-state index contributed by atoms with van der Waals surface area (Å²) in [5.41, 5.74) is 2.65. The summed E-state index contributed by atoms with van der Waals surface area (Å²) >= 11 is 0. The molecule has 0 spiro atoms. The molecular formula is C24H33N3O4S. The van der Waals surface area contributed by atoms with Gasteiger partial charge < -0.3 is 10.1 Å². The molecule has 1 aliphatic heterocycles. The molecule has 0 aliphatic carbocycles. The normalized spacial score (nSPS) is 15.5. The first kappa shape index (κ1) is 24.2. The highest BCUT2D eigenvalue weighted by atomic mass is 32.2. The molecule has 3 rings (SSSR count). The number of hydrogen-bond donors (Lipinski definition) is 2. The molecule has 174 valence electrons. The fraction of sp³-hybridized carbons (Fsp3) is 0.458. The molecule has 8 heteroatoms. The topological polar surface area (TPSA) is 87.7 Å². The van der Waals surface area contributed by atoms with E-state index in [1.807, 2.05) is 31.2 Å². The van der Waals surface area contributed by atoms with Crippen molar-refractivity contribution in [2.45, 2.75) is 44.0 Å². The van der Waals surface area contributed by atoms with Crippen molar-refractivity contribution in [1.29, 1.82) is 0 Å². The first-order valence-corrected chi connectivity index (χ1v) is 12.5. The van der Waals surface area contributed by atoms with Crippen LogP contribution in [0.4, 0.5) is 0 Å². The van der Waals surface area contributed by atoms with E-state index in [1.54, 1.807) is 26.2 Å². The second-order valence-electron chi connectivity index (χ2n) is 8.26. The molecule has 1 heterocycles. The number of ether oxygens (including phenoxy) is 1. The van der Waals surface area contributed by atoms with Gasteiger partial charge in [-0.3, -0.25) is 9.69 Å². The van der Waals surface area contributed by atoms with Crippen LogP contribution in [0.25, 0.3) is 0 Å². The Morgan fingerprint density at radius 1 is 1.12 bits per heavy atom. The lowest BCUT2D eigenvalue weighted by molar-refractivity contribution is -0.121. The molecule has 1 atom stereocenters. The maximum atomic E-state index is 12.6. The van der Waals surface area contributed by atoms with E-state index < -0.39 is 10.0 Å². The van der Waals surface area contributed by atoms with Crippen LogP contribution in [0.3, 0.4) is 0 Å². The Kier molecular flexibility index (Phi) is 8.28. The minimum absolute atomic E-state index is 0.0507. The summed E-state index contributed by atoms with van der Waals surface area (Å²) in [6.45, 7) is 6.12. The number of methoxy groups -OCH3 is 1. The van der Waals surface area contributed by atoms with Gasteiger partial charge in [-0.1, -0.05) is 24.3 Å². The zero-order valence-corrected chi connectivity index (χ0v) is 19.9. The number of carbonyl (C=O) groups is 1. The molecular weight excluding hydrogens is 426 g/mol. The van der Waals surface area contributed by atoms with Crippen LogP contribution in [-0.2, 0) is 14.8 Å². The van der Waals surface area contributed by atoms with Gasteiger partial charge in [-0.05, 0) is 74.7 Å². The van der Waals surface area contributed by atoms with Gasteiger partial charge in [0.15, 0.2) is 0 Å². The van der Waals surface area contributed by atoms with E-state index in [9.17, 15) is 13.2 Å². The van der Waals surface area contributed by atoms with Crippen molar-refractivity contribution in [1.82, 2.24) is 14.9 Å². The quantitative estimate of drug-likeness (QED) is 0.570. The molecule has 1 aliphatic rings. The van der Waals surface area contributed by atoms with Crippen molar-refractivity contribution in [3.05, 3.63) is 59.2 Å². The molecule has 2 aromatic carbocycles. The summed E-state index contributed by atoms with van der Waals surface area (Å²) in [6.07, 6.45) is 2.37. The van der Waals surface area contributed by atoms with Crippen molar-refractivity contribution in [2.75, 3.05) is 33.3 Å². The Morgan fingerprint density at radius 3 is 2.59 bits per heavy atom. The smallest absolute Gasteiger partial charge is 0.240 e. The van der Waals surface area contributed by atoms with Gasteiger partial charge in [0, 0.05) is 19.5 Å². The van der Waals surface area contributed by atoms with Crippen LogP contribution in [0, 0.1) is 13.8 Å². The van der Waals surface area contributed by atoms with Crippen molar-refractivity contribution in [3.8, 4) is 5.75 Å². The monoisotopic (exact) mass is 459 g/mol. The molecule has 2 N–H and O–H groups in total. The fourth-order valence-corrected chi connectivity index (χ4v) is 5.39. The molecule has 0 saturated carbocycles. The highest BCUT2D eigenvalue weighted by Gasteiger charge is 2.24. The van der Waals surface area contributed by atoms with E-state index >= 15 is 0 Å². The Morgan fingerprint density at radius 2 is 1.88 bits per heavy atom. The molecule has 1 unspecified atom stereocenters. The molecule has 2 aromatic rings. The van der Waals surface area contributed by atoms with E-state index in [0.29, 0.717) is 12.1 Å². The van der Waals surface area contributed by atoms with Gasteiger partial charge in [-0.2, -0.15) is 0 Å². The van der Waals surface area contributed by atoms with Crippen LogP contribution in [-0.4, -0.2) is 52.5 Å². The van der Waals surface area contributed by atoms with E-state index in [4.69, 9.17) is 4.74 Å². The summed E-state index contributed by atoms with van der Waals surface area (Å²) in [4.78, 5) is 15.1. The number of aryl methyl sites for hydroxylation is 2. The van der Waals surface area contributed by atoms with E-state index in [2.05, 4.69) is 21.0 Å². The van der Waals surface area contributed by atoms with Crippen LogP contribution in [0.5, 0.6) is 5.75 Å². The van der Waals surface area contributed by atoms with Crippen LogP contribution in [0.1, 0.15) is 42.0 Å². The summed E-state index contributed by atoms with van der Waals surface area (Å²) in [5.74, 6) is 0.611. The van der Waals surface area contributed by atoms with Gasteiger partial charge in [-0.25, -0.2) is 13.1 Å². The average Bonchev–Trinajstić information content (AvgIpc) is 3.30. The van der Waals surface area contributed by atoms with Gasteiger partial charge in [0.05, 0.1) is 18.0 Å². The Labute approximate surface area is 191 Å². The highest BCUT2D eigenvalue weighted by Crippen LogP contribution is 2.27. The molecule has 0 bridgehead atoms. The Balaban J connectivity index is 1.56. The average molecular weight is 460 g/mol. The van der Waals surface area contributed by atoms with E-state index in [1.165, 1.54) is 0 Å². The predicted octanol–water partition coefficient (Wildman–Crippen LogP) is 2.93. The highest BCUT2D eigenvalue weighted by molar-refractivity contribution is 7.89. The number of sulfonamides is 1. The Hall–Kier alpha value is -2.42. The third-order valence-electron chi connectivity index (χ3n) is 5.83. The maximum absolute atomic E-state index is 12.6. The molecule has 1 amide bonds. The number of benzene rings is 2. The fourth-order valence-electron chi connectivity index (χ4n) is 4.03. The number of likely N-dealkylation sites (tertiary alicyclic amines) is 1. The van der Waals surface area contributed by atoms with Gasteiger partial charge in [0.2, 0.25) is 15.9 Å². The van der Waals surface area contributed by atoms with Gasteiger partial charge in [-0.15, -0.1) is 0 Å². The van der Waals surface area contributed by atoms with E-state index in [-0.39, 0.29) is 29.8 Å². The number of carbonyl (C=O) groups excluding carboxylic acids is 1. The number of nitrogens with zero attached hydrogens (tertiary/aromatic N) is 1. The van der Waals surface area contributed by atoms with Crippen molar-refractivity contribution >= 4 is 15.9 Å². The lowest BCUT2D eigenvalue weighted by Gasteiger charge is -2.28. The van der Waals surface area contributed by atoms with Crippen LogP contribution in [0.2, 0.25) is 0 Å². The zero-order valence-electron chi connectivity index (χ0n) is 19.1. The van der Waals surface area contributed by atoms with Crippen molar-refractivity contribution in [3.63, 3.8) is 0 Å². The standard InChI is InChI=1S/C24H33N3O4S/c1-18-9-10-19(2)23(15-18)32(29,30)26-12-11-24(28)25-17-22(27-13-4-5-14-27)20-7-6-8-21(16-20)31-3/h6-10,15-16,22,26H,4-5,11-14,17H2,1-3H3,(H,25,28). The minimum atomic E-state index is -3.66. The first-order valence-electron chi connectivity index (χ1n) is 11.0. The summed E-state index contributed by atoms with van der Waals surface area (Å²) in [6, 6.07) is 13.3. The molecule has 7 nitrogen and oxygen atoms in total. The largest absolute Gasteiger partial charge is 0.497 e. The number of nitrogens with one attached hydrogen (secondary N) is 2. The minimum Gasteiger partial charge on any atom is -0.497 e. The predicted molar refractivity (Wildman–Crippen MR) is 125 cm³/mol. The van der Waals surface area contributed by atoms with Crippen LogP contribution >= 0.6 is 0 Å².